The molecule has 2 aromatic rings. The fourth-order valence-electron chi connectivity index (χ4n) is 2.61. The van der Waals surface area contributed by atoms with Crippen LogP contribution in [0.15, 0.2) is 47.4 Å². The maximum Gasteiger partial charge on any atom is 0.412 e. The van der Waals surface area contributed by atoms with Gasteiger partial charge < -0.3 is 8.92 Å². The van der Waals surface area contributed by atoms with Gasteiger partial charge in [-0.15, -0.1) is 0 Å². The van der Waals surface area contributed by atoms with Crippen molar-refractivity contribution in [1.82, 2.24) is 0 Å². The van der Waals surface area contributed by atoms with Gasteiger partial charge >= 0.3 is 16.2 Å². The van der Waals surface area contributed by atoms with Gasteiger partial charge in [0, 0.05) is 5.56 Å². The van der Waals surface area contributed by atoms with E-state index in [-0.39, 0.29) is 10.6 Å². The van der Waals surface area contributed by atoms with E-state index in [4.69, 9.17) is 8.92 Å². The second kappa shape index (κ2) is 5.52. The van der Waals surface area contributed by atoms with E-state index in [0.717, 1.165) is 0 Å². The van der Waals surface area contributed by atoms with E-state index in [0.29, 0.717) is 16.8 Å². The van der Waals surface area contributed by atoms with Gasteiger partial charge in [-0.25, -0.2) is 4.79 Å². The number of nitrogens with one attached hydrogen (secondary N) is 1. The number of ether oxygens (including phenoxy) is 1. The van der Waals surface area contributed by atoms with Gasteiger partial charge in [0.05, 0.1) is 5.69 Å². The molecule has 0 saturated carbocycles. The van der Waals surface area contributed by atoms with Crippen LogP contribution >= 0.6 is 0 Å². The lowest BCUT2D eigenvalue weighted by molar-refractivity contribution is 0.0419. The van der Waals surface area contributed by atoms with Crippen molar-refractivity contribution in [3.05, 3.63) is 53.6 Å². The molecular formula is C17H17NO5S. The Kier molecular flexibility index (Phi) is 3.76. The monoisotopic (exact) mass is 347 g/mol. The summed E-state index contributed by atoms with van der Waals surface area (Å²) in [4.78, 5) is 11.6. The van der Waals surface area contributed by atoms with Gasteiger partial charge in [0.2, 0.25) is 0 Å². The molecule has 1 N–H and O–H groups in total. The third kappa shape index (κ3) is 2.94. The van der Waals surface area contributed by atoms with Crippen molar-refractivity contribution in [3.63, 3.8) is 0 Å². The molecule has 1 aliphatic rings. The molecule has 2 aromatic carbocycles. The summed E-state index contributed by atoms with van der Waals surface area (Å²) in [6.45, 7) is 5.16. The number of rotatable bonds is 3. The van der Waals surface area contributed by atoms with Crippen LogP contribution in [0.3, 0.4) is 0 Å². The number of carbonyl (C=O) groups is 1. The van der Waals surface area contributed by atoms with E-state index in [1.54, 1.807) is 51.1 Å². The summed E-state index contributed by atoms with van der Waals surface area (Å²) in [5.74, 6) is 0.157. The number of benzene rings is 2. The van der Waals surface area contributed by atoms with Crippen LogP contribution in [0.2, 0.25) is 0 Å². The molecule has 7 heteroatoms. The van der Waals surface area contributed by atoms with E-state index in [1.807, 2.05) is 0 Å². The highest BCUT2D eigenvalue weighted by atomic mass is 32.2. The normalized spacial score (nSPS) is 15.9. The Balaban J connectivity index is 1.98. The molecule has 1 aliphatic heterocycles. The molecular weight excluding hydrogens is 330 g/mol. The third-order valence-corrected chi connectivity index (χ3v) is 5.20. The van der Waals surface area contributed by atoms with Crippen LogP contribution < -0.4 is 9.50 Å². The Labute approximate surface area is 140 Å². The second-order valence-electron chi connectivity index (χ2n) is 6.04. The van der Waals surface area contributed by atoms with E-state index >= 15 is 0 Å². The standard InChI is InChI=1S/C17H17NO5S/c1-11-6-4-5-7-15(11)24(20,21)23-12-8-9-14-13(10-12)17(2,3)22-16(19)18-14/h4-10H,1-3H3,(H,18,19). The zero-order valence-electron chi connectivity index (χ0n) is 13.5. The van der Waals surface area contributed by atoms with Crippen LogP contribution in [0.5, 0.6) is 5.75 Å². The van der Waals surface area contributed by atoms with Crippen molar-refractivity contribution < 1.29 is 22.1 Å². The number of anilines is 1. The number of cyclic esters (lactones) is 1. The largest absolute Gasteiger partial charge is 0.438 e. The predicted molar refractivity (Wildman–Crippen MR) is 88.6 cm³/mol. The van der Waals surface area contributed by atoms with Gasteiger partial charge in [-0.05, 0) is 50.6 Å². The minimum Gasteiger partial charge on any atom is -0.438 e. The fraction of sp³-hybridized carbons (Fsp3) is 0.235. The SMILES string of the molecule is Cc1ccccc1S(=O)(=O)Oc1ccc2c(c1)C(C)(C)OC(=O)N2. The Hall–Kier alpha value is -2.54. The number of hydrogen-bond donors (Lipinski definition) is 1. The van der Waals surface area contributed by atoms with Gasteiger partial charge in [-0.3, -0.25) is 5.32 Å². The zero-order chi connectivity index (χ0) is 17.5. The molecule has 0 bridgehead atoms. The molecule has 0 spiro atoms. The molecule has 6 nitrogen and oxygen atoms in total. The van der Waals surface area contributed by atoms with Gasteiger partial charge in [-0.1, -0.05) is 18.2 Å². The first-order valence-corrected chi connectivity index (χ1v) is 8.74. The highest BCUT2D eigenvalue weighted by molar-refractivity contribution is 7.87. The summed E-state index contributed by atoms with van der Waals surface area (Å²) in [6.07, 6.45) is -0.547. The highest BCUT2D eigenvalue weighted by Crippen LogP contribution is 2.38. The summed E-state index contributed by atoms with van der Waals surface area (Å²) < 4.78 is 35.5. The molecule has 0 saturated heterocycles. The van der Waals surface area contributed by atoms with Crippen LogP contribution in [0.4, 0.5) is 10.5 Å². The zero-order valence-corrected chi connectivity index (χ0v) is 14.3. The molecule has 0 radical (unpaired) electrons. The van der Waals surface area contributed by atoms with E-state index in [9.17, 15) is 13.2 Å². The van der Waals surface area contributed by atoms with Crippen molar-refractivity contribution in [1.29, 1.82) is 0 Å². The number of aryl methyl sites for hydroxylation is 1. The Bertz CT molecular complexity index is 918. The maximum atomic E-state index is 12.5. The van der Waals surface area contributed by atoms with Crippen molar-refractivity contribution >= 4 is 21.9 Å². The lowest BCUT2D eigenvalue weighted by Gasteiger charge is -2.32. The van der Waals surface area contributed by atoms with Crippen molar-refractivity contribution in [2.75, 3.05) is 5.32 Å². The highest BCUT2D eigenvalue weighted by Gasteiger charge is 2.34. The lowest BCUT2D eigenvalue weighted by Crippen LogP contribution is -2.34. The smallest absolute Gasteiger partial charge is 0.412 e. The van der Waals surface area contributed by atoms with E-state index < -0.39 is 21.8 Å². The number of fused-ring (bicyclic) bond motifs is 1. The van der Waals surface area contributed by atoms with Crippen molar-refractivity contribution in [3.8, 4) is 5.75 Å². The lowest BCUT2D eigenvalue weighted by atomic mass is 9.95. The van der Waals surface area contributed by atoms with E-state index in [1.165, 1.54) is 12.1 Å². The molecule has 126 valence electrons. The van der Waals surface area contributed by atoms with Crippen molar-refractivity contribution in [2.24, 2.45) is 0 Å². The van der Waals surface area contributed by atoms with Crippen LogP contribution in [0.25, 0.3) is 0 Å². The quantitative estimate of drug-likeness (QED) is 0.859. The van der Waals surface area contributed by atoms with Crippen LogP contribution in [0.1, 0.15) is 25.0 Å². The van der Waals surface area contributed by atoms with Crippen LogP contribution in [-0.2, 0) is 20.5 Å². The predicted octanol–water partition coefficient (Wildman–Crippen LogP) is 3.56. The second-order valence-corrected chi connectivity index (χ2v) is 7.55. The van der Waals surface area contributed by atoms with Crippen LogP contribution in [-0.4, -0.2) is 14.5 Å². The summed E-state index contributed by atoms with van der Waals surface area (Å²) in [5.41, 5.74) is 0.923. The molecule has 0 atom stereocenters. The fourth-order valence-corrected chi connectivity index (χ4v) is 3.77. The number of amides is 1. The average Bonchev–Trinajstić information content (AvgIpc) is 2.47. The number of hydrogen-bond acceptors (Lipinski definition) is 5. The Morgan fingerprint density at radius 1 is 1.12 bits per heavy atom. The topological polar surface area (TPSA) is 81.7 Å². The first-order chi connectivity index (χ1) is 11.2. The summed E-state index contributed by atoms with van der Waals surface area (Å²) in [5, 5.41) is 2.58. The molecule has 24 heavy (non-hydrogen) atoms. The first-order valence-electron chi connectivity index (χ1n) is 7.34. The van der Waals surface area contributed by atoms with Gasteiger partial charge in [0.25, 0.3) is 0 Å². The molecule has 0 unspecified atom stereocenters. The van der Waals surface area contributed by atoms with Gasteiger partial charge in [0.15, 0.2) is 0 Å². The molecule has 1 amide bonds. The first kappa shape index (κ1) is 16.3. The molecule has 1 heterocycles. The molecule has 3 rings (SSSR count). The Morgan fingerprint density at radius 2 is 1.83 bits per heavy atom. The molecule has 0 fully saturated rings. The maximum absolute atomic E-state index is 12.5. The van der Waals surface area contributed by atoms with Crippen molar-refractivity contribution in [2.45, 2.75) is 31.3 Å². The van der Waals surface area contributed by atoms with Gasteiger partial charge in [0.1, 0.15) is 16.2 Å². The summed E-state index contributed by atoms with van der Waals surface area (Å²) in [6, 6.07) is 11.3. The number of carbonyl (C=O) groups excluding carboxylic acids is 1. The van der Waals surface area contributed by atoms with Gasteiger partial charge in [-0.2, -0.15) is 8.42 Å². The van der Waals surface area contributed by atoms with Crippen LogP contribution in [0, 0.1) is 6.92 Å². The minimum atomic E-state index is -3.95. The average molecular weight is 347 g/mol. The van der Waals surface area contributed by atoms with E-state index in [2.05, 4.69) is 5.32 Å². The third-order valence-electron chi connectivity index (χ3n) is 3.79. The summed E-state index contributed by atoms with van der Waals surface area (Å²) >= 11 is 0. The molecule has 0 aliphatic carbocycles. The molecule has 0 aromatic heterocycles. The summed E-state index contributed by atoms with van der Waals surface area (Å²) in [7, 11) is -3.95. The Morgan fingerprint density at radius 3 is 2.54 bits per heavy atom. The minimum absolute atomic E-state index is 0.117.